The lowest BCUT2D eigenvalue weighted by Gasteiger charge is -2.36. The van der Waals surface area contributed by atoms with Crippen molar-refractivity contribution in [2.75, 3.05) is 26.9 Å². The molecular formula is C18H39NO3. The van der Waals surface area contributed by atoms with E-state index in [1.165, 1.54) is 0 Å². The highest BCUT2D eigenvalue weighted by Crippen LogP contribution is 2.21. The van der Waals surface area contributed by atoms with Gasteiger partial charge >= 0.3 is 0 Å². The Bertz CT molecular complexity index is 288. The Morgan fingerprint density at radius 1 is 1.00 bits per heavy atom. The first-order valence-electron chi connectivity index (χ1n) is 8.58. The summed E-state index contributed by atoms with van der Waals surface area (Å²) in [5, 5.41) is 0. The van der Waals surface area contributed by atoms with Crippen LogP contribution in [0.5, 0.6) is 0 Å². The van der Waals surface area contributed by atoms with Crippen molar-refractivity contribution in [2.24, 2.45) is 0 Å². The minimum absolute atomic E-state index is 0.0854. The van der Waals surface area contributed by atoms with Crippen molar-refractivity contribution >= 4 is 5.91 Å². The van der Waals surface area contributed by atoms with E-state index in [0.29, 0.717) is 6.61 Å². The smallest absolute Gasteiger partial charge is 0.219 e. The van der Waals surface area contributed by atoms with Gasteiger partial charge in [-0.05, 0) is 47.0 Å². The Morgan fingerprint density at radius 2 is 1.55 bits per heavy atom. The maximum Gasteiger partial charge on any atom is 0.219 e. The molecule has 0 N–H and O–H groups in total. The molecule has 22 heavy (non-hydrogen) atoms. The summed E-state index contributed by atoms with van der Waals surface area (Å²) in [6.45, 7) is 18.2. The molecule has 0 bridgehead atoms. The molecule has 0 saturated carbocycles. The van der Waals surface area contributed by atoms with Gasteiger partial charge in [0.1, 0.15) is 0 Å². The third-order valence-corrected chi connectivity index (χ3v) is 3.78. The summed E-state index contributed by atoms with van der Waals surface area (Å²) in [4.78, 5) is 13.2. The van der Waals surface area contributed by atoms with Gasteiger partial charge in [-0.15, -0.1) is 0 Å². The van der Waals surface area contributed by atoms with Crippen LogP contribution >= 0.6 is 0 Å². The Labute approximate surface area is 138 Å². The molecule has 0 aliphatic carbocycles. The van der Waals surface area contributed by atoms with Crippen LogP contribution in [0, 0.1) is 0 Å². The molecule has 0 fully saturated rings. The lowest BCUT2D eigenvalue weighted by Crippen LogP contribution is -2.45. The van der Waals surface area contributed by atoms with Gasteiger partial charge in [0.15, 0.2) is 0 Å². The molecule has 0 heterocycles. The van der Waals surface area contributed by atoms with Gasteiger partial charge in [0.05, 0.1) is 5.60 Å². The number of amides is 1. The summed E-state index contributed by atoms with van der Waals surface area (Å²) in [6, 6.07) is 0. The predicted molar refractivity (Wildman–Crippen MR) is 94.2 cm³/mol. The lowest BCUT2D eigenvalue weighted by atomic mass is 9.98. The SMILES string of the molecule is CC.CCCOCCC(C)(C)OCCC(C)(C)N(C)C(C)=O. The molecule has 1 amide bonds. The van der Waals surface area contributed by atoms with E-state index in [2.05, 4.69) is 34.6 Å². The van der Waals surface area contributed by atoms with Gasteiger partial charge in [0, 0.05) is 39.3 Å². The molecule has 0 radical (unpaired) electrons. The third-order valence-electron chi connectivity index (χ3n) is 3.78. The summed E-state index contributed by atoms with van der Waals surface area (Å²) >= 11 is 0. The van der Waals surface area contributed by atoms with Gasteiger partial charge in [-0.2, -0.15) is 0 Å². The summed E-state index contributed by atoms with van der Waals surface area (Å²) in [6.07, 6.45) is 2.76. The molecular weight excluding hydrogens is 278 g/mol. The minimum Gasteiger partial charge on any atom is -0.381 e. The maximum atomic E-state index is 11.4. The number of rotatable bonds is 10. The summed E-state index contributed by atoms with van der Waals surface area (Å²) in [7, 11) is 1.84. The quantitative estimate of drug-likeness (QED) is 0.565. The molecule has 0 atom stereocenters. The van der Waals surface area contributed by atoms with Crippen molar-refractivity contribution in [1.29, 1.82) is 0 Å². The first-order chi connectivity index (χ1) is 10.1. The molecule has 0 unspecified atom stereocenters. The van der Waals surface area contributed by atoms with Crippen molar-refractivity contribution < 1.29 is 14.3 Å². The number of carbonyl (C=O) groups excluding carboxylic acids is 1. The second-order valence-electron chi connectivity index (χ2n) is 6.61. The Hall–Kier alpha value is -0.610. The van der Waals surface area contributed by atoms with E-state index in [-0.39, 0.29) is 17.0 Å². The average molecular weight is 318 g/mol. The van der Waals surface area contributed by atoms with E-state index in [9.17, 15) is 4.79 Å². The second-order valence-corrected chi connectivity index (χ2v) is 6.61. The van der Waals surface area contributed by atoms with Crippen LogP contribution in [-0.2, 0) is 14.3 Å². The van der Waals surface area contributed by atoms with Crippen LogP contribution in [0.1, 0.15) is 74.7 Å². The minimum atomic E-state index is -0.182. The van der Waals surface area contributed by atoms with Crippen molar-refractivity contribution in [1.82, 2.24) is 4.90 Å². The van der Waals surface area contributed by atoms with Crippen LogP contribution in [0.15, 0.2) is 0 Å². The molecule has 0 aliphatic rings. The predicted octanol–water partition coefficient (Wildman–Crippen LogP) is 4.27. The van der Waals surface area contributed by atoms with Crippen LogP contribution in [0.4, 0.5) is 0 Å². The normalized spacial score (nSPS) is 11.7. The van der Waals surface area contributed by atoms with E-state index < -0.39 is 0 Å². The lowest BCUT2D eigenvalue weighted by molar-refractivity contribution is -0.133. The van der Waals surface area contributed by atoms with E-state index in [0.717, 1.165) is 32.5 Å². The van der Waals surface area contributed by atoms with Gasteiger partial charge in [-0.25, -0.2) is 0 Å². The van der Waals surface area contributed by atoms with Gasteiger partial charge in [-0.1, -0.05) is 20.8 Å². The standard InChI is InChI=1S/C16H33NO3.C2H6/c1-8-11-19-12-10-16(5,6)20-13-9-15(3,4)17(7)14(2)18;1-2/h8-13H2,1-7H3;1-2H3. The molecule has 0 saturated heterocycles. The van der Waals surface area contributed by atoms with Crippen LogP contribution in [0.25, 0.3) is 0 Å². The monoisotopic (exact) mass is 317 g/mol. The Kier molecular flexibility index (Phi) is 12.8. The molecule has 134 valence electrons. The van der Waals surface area contributed by atoms with E-state index >= 15 is 0 Å². The zero-order valence-corrected chi connectivity index (χ0v) is 16.4. The van der Waals surface area contributed by atoms with Gasteiger partial charge in [0.25, 0.3) is 0 Å². The molecule has 0 aliphatic heterocycles. The molecule has 0 aromatic heterocycles. The van der Waals surface area contributed by atoms with E-state index in [1.807, 2.05) is 20.9 Å². The van der Waals surface area contributed by atoms with Crippen molar-refractivity contribution in [3.8, 4) is 0 Å². The first kappa shape index (κ1) is 23.7. The molecule has 0 rings (SSSR count). The maximum absolute atomic E-state index is 11.4. The highest BCUT2D eigenvalue weighted by molar-refractivity contribution is 5.73. The van der Waals surface area contributed by atoms with Gasteiger partial charge in [-0.3, -0.25) is 4.79 Å². The number of carbonyl (C=O) groups is 1. The Balaban J connectivity index is 0. The van der Waals surface area contributed by atoms with Gasteiger partial charge in [0.2, 0.25) is 5.91 Å². The fourth-order valence-electron chi connectivity index (χ4n) is 1.81. The molecule has 4 nitrogen and oxygen atoms in total. The van der Waals surface area contributed by atoms with Crippen molar-refractivity contribution in [2.45, 2.75) is 85.8 Å². The highest BCUT2D eigenvalue weighted by atomic mass is 16.5. The van der Waals surface area contributed by atoms with Gasteiger partial charge < -0.3 is 14.4 Å². The summed E-state index contributed by atoms with van der Waals surface area (Å²) < 4.78 is 11.5. The number of hydrogen-bond acceptors (Lipinski definition) is 3. The number of hydrogen-bond donors (Lipinski definition) is 0. The number of ether oxygens (including phenoxy) is 2. The zero-order valence-electron chi connectivity index (χ0n) is 16.4. The van der Waals surface area contributed by atoms with E-state index in [1.54, 1.807) is 11.8 Å². The fraction of sp³-hybridized carbons (Fsp3) is 0.944. The fourth-order valence-corrected chi connectivity index (χ4v) is 1.81. The summed E-state index contributed by atoms with van der Waals surface area (Å²) in [5.74, 6) is 0.0854. The molecule has 0 spiro atoms. The number of nitrogens with zero attached hydrogens (tertiary/aromatic N) is 1. The van der Waals surface area contributed by atoms with Crippen LogP contribution in [-0.4, -0.2) is 48.8 Å². The molecule has 0 aromatic carbocycles. The van der Waals surface area contributed by atoms with E-state index in [4.69, 9.17) is 9.47 Å². The first-order valence-corrected chi connectivity index (χ1v) is 8.58. The molecule has 4 heteroatoms. The second kappa shape index (κ2) is 11.9. The Morgan fingerprint density at radius 3 is 2.00 bits per heavy atom. The van der Waals surface area contributed by atoms with Crippen molar-refractivity contribution in [3.05, 3.63) is 0 Å². The van der Waals surface area contributed by atoms with Crippen LogP contribution < -0.4 is 0 Å². The third kappa shape index (κ3) is 11.0. The largest absolute Gasteiger partial charge is 0.381 e. The van der Waals surface area contributed by atoms with Crippen LogP contribution in [0.3, 0.4) is 0 Å². The topological polar surface area (TPSA) is 38.8 Å². The summed E-state index contributed by atoms with van der Waals surface area (Å²) in [5.41, 5.74) is -0.362. The highest BCUT2D eigenvalue weighted by Gasteiger charge is 2.27. The zero-order chi connectivity index (χ0) is 17.8. The molecule has 0 aromatic rings. The van der Waals surface area contributed by atoms with Crippen molar-refractivity contribution in [3.63, 3.8) is 0 Å². The average Bonchev–Trinajstić information content (AvgIpc) is 2.44. The van der Waals surface area contributed by atoms with Crippen LogP contribution in [0.2, 0.25) is 0 Å².